The van der Waals surface area contributed by atoms with Crippen LogP contribution in [0.25, 0.3) is 0 Å². The van der Waals surface area contributed by atoms with Crippen molar-refractivity contribution < 1.29 is 8.78 Å². The Morgan fingerprint density at radius 3 is 2.33 bits per heavy atom. The standard InChI is InChI=1S/C15H21BrF2/c1-10(9-15(2,3)4)7-13(16)12-6-5-11(17)8-14(12)18/h5-6,8,10,13H,7,9H2,1-4H3. The van der Waals surface area contributed by atoms with Crippen molar-refractivity contribution in [1.82, 2.24) is 0 Å². The molecule has 0 radical (unpaired) electrons. The van der Waals surface area contributed by atoms with Gasteiger partial charge in [0.05, 0.1) is 0 Å². The van der Waals surface area contributed by atoms with Gasteiger partial charge in [0.25, 0.3) is 0 Å². The fourth-order valence-corrected chi connectivity index (χ4v) is 3.37. The average Bonchev–Trinajstić information content (AvgIpc) is 2.13. The molecule has 0 nitrogen and oxygen atoms in total. The van der Waals surface area contributed by atoms with E-state index in [4.69, 9.17) is 0 Å². The third-order valence-corrected chi connectivity index (χ3v) is 3.74. The summed E-state index contributed by atoms with van der Waals surface area (Å²) in [6.45, 7) is 8.77. The van der Waals surface area contributed by atoms with Crippen molar-refractivity contribution in [3.63, 3.8) is 0 Å². The lowest BCUT2D eigenvalue weighted by Crippen LogP contribution is -2.12. The van der Waals surface area contributed by atoms with E-state index < -0.39 is 11.6 Å². The van der Waals surface area contributed by atoms with Crippen molar-refractivity contribution >= 4 is 15.9 Å². The maximum Gasteiger partial charge on any atom is 0.130 e. The first-order valence-corrected chi connectivity index (χ1v) is 7.19. The normalized spacial score (nSPS) is 15.5. The van der Waals surface area contributed by atoms with Gasteiger partial charge in [-0.1, -0.05) is 49.7 Å². The van der Waals surface area contributed by atoms with E-state index in [1.54, 1.807) is 0 Å². The van der Waals surface area contributed by atoms with Crippen LogP contribution in [0.2, 0.25) is 0 Å². The molecular weight excluding hydrogens is 298 g/mol. The molecule has 2 atom stereocenters. The largest absolute Gasteiger partial charge is 0.207 e. The van der Waals surface area contributed by atoms with Crippen molar-refractivity contribution in [1.29, 1.82) is 0 Å². The number of hydrogen-bond donors (Lipinski definition) is 0. The predicted molar refractivity (Wildman–Crippen MR) is 75.9 cm³/mol. The van der Waals surface area contributed by atoms with Crippen LogP contribution in [-0.4, -0.2) is 0 Å². The van der Waals surface area contributed by atoms with Gasteiger partial charge in [0.15, 0.2) is 0 Å². The highest BCUT2D eigenvalue weighted by atomic mass is 79.9. The van der Waals surface area contributed by atoms with Gasteiger partial charge in [-0.25, -0.2) is 8.78 Å². The number of alkyl halides is 1. The molecule has 0 aromatic heterocycles. The SMILES string of the molecule is CC(CC(Br)c1ccc(F)cc1F)CC(C)(C)C. The van der Waals surface area contributed by atoms with E-state index in [1.165, 1.54) is 12.1 Å². The lowest BCUT2D eigenvalue weighted by Gasteiger charge is -2.25. The second kappa shape index (κ2) is 6.14. The van der Waals surface area contributed by atoms with Crippen LogP contribution >= 0.6 is 15.9 Å². The summed E-state index contributed by atoms with van der Waals surface area (Å²) >= 11 is 3.51. The van der Waals surface area contributed by atoms with Crippen LogP contribution in [0.5, 0.6) is 0 Å². The molecule has 0 spiro atoms. The van der Waals surface area contributed by atoms with Crippen LogP contribution < -0.4 is 0 Å². The molecule has 3 heteroatoms. The number of hydrogen-bond acceptors (Lipinski definition) is 0. The highest BCUT2D eigenvalue weighted by Gasteiger charge is 2.20. The maximum absolute atomic E-state index is 13.6. The number of benzene rings is 1. The molecule has 0 fully saturated rings. The Kier molecular flexibility index (Phi) is 5.32. The summed E-state index contributed by atoms with van der Waals surface area (Å²) in [6, 6.07) is 3.77. The van der Waals surface area contributed by atoms with Crippen LogP contribution in [-0.2, 0) is 0 Å². The van der Waals surface area contributed by atoms with Crippen LogP contribution in [0.4, 0.5) is 8.78 Å². The lowest BCUT2D eigenvalue weighted by molar-refractivity contribution is 0.296. The molecule has 18 heavy (non-hydrogen) atoms. The summed E-state index contributed by atoms with van der Waals surface area (Å²) in [4.78, 5) is -0.0598. The molecule has 102 valence electrons. The topological polar surface area (TPSA) is 0 Å². The summed E-state index contributed by atoms with van der Waals surface area (Å²) < 4.78 is 26.5. The highest BCUT2D eigenvalue weighted by Crippen LogP contribution is 2.35. The molecule has 2 unspecified atom stereocenters. The second-order valence-corrected chi connectivity index (χ2v) is 7.34. The Hall–Kier alpha value is -0.440. The minimum Gasteiger partial charge on any atom is -0.207 e. The van der Waals surface area contributed by atoms with E-state index in [0.29, 0.717) is 11.5 Å². The maximum atomic E-state index is 13.6. The zero-order chi connectivity index (χ0) is 13.9. The first-order valence-electron chi connectivity index (χ1n) is 6.28. The number of rotatable bonds is 4. The van der Waals surface area contributed by atoms with E-state index in [2.05, 4.69) is 43.6 Å². The molecule has 0 amide bonds. The van der Waals surface area contributed by atoms with Gasteiger partial charge in [-0.3, -0.25) is 0 Å². The molecule has 0 heterocycles. The fourth-order valence-electron chi connectivity index (χ4n) is 2.36. The van der Waals surface area contributed by atoms with E-state index in [9.17, 15) is 8.78 Å². The average molecular weight is 319 g/mol. The van der Waals surface area contributed by atoms with E-state index >= 15 is 0 Å². The van der Waals surface area contributed by atoms with Gasteiger partial charge in [0, 0.05) is 16.5 Å². The van der Waals surface area contributed by atoms with Gasteiger partial charge in [0.1, 0.15) is 11.6 Å². The van der Waals surface area contributed by atoms with Crippen LogP contribution in [0, 0.1) is 23.0 Å². The van der Waals surface area contributed by atoms with E-state index in [1.807, 2.05) is 0 Å². The highest BCUT2D eigenvalue weighted by molar-refractivity contribution is 9.09. The molecule has 0 saturated carbocycles. The van der Waals surface area contributed by atoms with Crippen molar-refractivity contribution in [2.24, 2.45) is 11.3 Å². The Bertz CT molecular complexity index is 396. The molecule has 0 bridgehead atoms. The summed E-state index contributed by atoms with van der Waals surface area (Å²) in [6.07, 6.45) is 1.93. The Labute approximate surface area is 117 Å². The van der Waals surface area contributed by atoms with Crippen molar-refractivity contribution in [3.05, 3.63) is 35.4 Å². The van der Waals surface area contributed by atoms with Gasteiger partial charge in [-0.05, 0) is 30.2 Å². The van der Waals surface area contributed by atoms with Gasteiger partial charge in [0.2, 0.25) is 0 Å². The lowest BCUT2D eigenvalue weighted by atomic mass is 9.83. The Morgan fingerprint density at radius 1 is 1.22 bits per heavy atom. The molecular formula is C15H21BrF2. The smallest absolute Gasteiger partial charge is 0.130 e. The first kappa shape index (κ1) is 15.6. The molecule has 0 aliphatic carbocycles. The molecule has 0 N–H and O–H groups in total. The summed E-state index contributed by atoms with van der Waals surface area (Å²) in [5.74, 6) is -0.516. The molecule has 1 aromatic rings. The quantitative estimate of drug-likeness (QED) is 0.609. The minimum atomic E-state index is -0.529. The molecule has 0 aliphatic rings. The molecule has 0 aliphatic heterocycles. The number of halogens is 3. The second-order valence-electron chi connectivity index (χ2n) is 6.24. The zero-order valence-corrected chi connectivity index (χ0v) is 13.0. The zero-order valence-electron chi connectivity index (χ0n) is 11.4. The van der Waals surface area contributed by atoms with Gasteiger partial charge in [-0.15, -0.1) is 0 Å². The minimum absolute atomic E-state index is 0.0598. The summed E-state index contributed by atoms with van der Waals surface area (Å²) in [7, 11) is 0. The third-order valence-electron chi connectivity index (χ3n) is 2.87. The van der Waals surface area contributed by atoms with Gasteiger partial charge < -0.3 is 0 Å². The molecule has 1 aromatic carbocycles. The van der Waals surface area contributed by atoms with Crippen molar-refractivity contribution in [3.8, 4) is 0 Å². The van der Waals surface area contributed by atoms with Crippen LogP contribution in [0.15, 0.2) is 18.2 Å². The van der Waals surface area contributed by atoms with E-state index in [0.717, 1.165) is 18.9 Å². The van der Waals surface area contributed by atoms with Gasteiger partial charge >= 0.3 is 0 Å². The Balaban J connectivity index is 2.67. The van der Waals surface area contributed by atoms with E-state index in [-0.39, 0.29) is 10.2 Å². The van der Waals surface area contributed by atoms with Crippen LogP contribution in [0.1, 0.15) is 50.9 Å². The van der Waals surface area contributed by atoms with Crippen LogP contribution in [0.3, 0.4) is 0 Å². The molecule has 0 saturated heterocycles. The van der Waals surface area contributed by atoms with Crippen molar-refractivity contribution in [2.45, 2.75) is 45.4 Å². The summed E-state index contributed by atoms with van der Waals surface area (Å²) in [5, 5.41) is 0. The predicted octanol–water partition coefficient (Wildman–Crippen LogP) is 5.86. The fraction of sp³-hybridized carbons (Fsp3) is 0.600. The monoisotopic (exact) mass is 318 g/mol. The van der Waals surface area contributed by atoms with Gasteiger partial charge in [-0.2, -0.15) is 0 Å². The first-order chi connectivity index (χ1) is 8.19. The Morgan fingerprint density at radius 2 is 1.83 bits per heavy atom. The summed E-state index contributed by atoms with van der Waals surface area (Å²) in [5.41, 5.74) is 0.810. The third kappa shape index (κ3) is 5.05. The van der Waals surface area contributed by atoms with Crippen molar-refractivity contribution in [2.75, 3.05) is 0 Å². The molecule has 1 rings (SSSR count).